The van der Waals surface area contributed by atoms with Crippen LogP contribution in [-0.2, 0) is 22.5 Å². The van der Waals surface area contributed by atoms with Gasteiger partial charge < -0.3 is 14.6 Å². The first-order valence-electron chi connectivity index (χ1n) is 11.8. The van der Waals surface area contributed by atoms with Gasteiger partial charge in [-0.05, 0) is 36.6 Å². The molecule has 0 saturated carbocycles. The molecule has 3 heterocycles. The van der Waals surface area contributed by atoms with Crippen molar-refractivity contribution in [2.24, 2.45) is 0 Å². The smallest absolute Gasteiger partial charge is 0.341 e. The molecule has 0 aliphatic rings. The highest BCUT2D eigenvalue weighted by Crippen LogP contribution is 2.36. The van der Waals surface area contributed by atoms with Crippen LogP contribution in [0.25, 0.3) is 22.5 Å². The molecule has 11 heteroatoms. The Kier molecular flexibility index (Phi) is 9.12. The van der Waals surface area contributed by atoms with Crippen LogP contribution in [0.1, 0.15) is 41.9 Å². The zero-order valence-corrected chi connectivity index (χ0v) is 23.2. The summed E-state index contributed by atoms with van der Waals surface area (Å²) in [6.07, 6.45) is 3.03. The van der Waals surface area contributed by atoms with Crippen LogP contribution in [-0.4, -0.2) is 39.5 Å². The molecule has 37 heavy (non-hydrogen) atoms. The molecule has 1 aromatic carbocycles. The summed E-state index contributed by atoms with van der Waals surface area (Å²) in [7, 11) is 1.28. The first-order chi connectivity index (χ1) is 17.9. The number of rotatable bonds is 11. The summed E-state index contributed by atoms with van der Waals surface area (Å²) < 4.78 is 20.4. The first-order valence-corrected chi connectivity index (χ1v) is 14.6. The van der Waals surface area contributed by atoms with Crippen molar-refractivity contribution in [1.29, 1.82) is 0 Å². The predicted molar refractivity (Wildman–Crippen MR) is 148 cm³/mol. The highest BCUT2D eigenvalue weighted by atomic mass is 32.2. The van der Waals surface area contributed by atoms with Gasteiger partial charge in [-0.2, -0.15) is 0 Å². The van der Waals surface area contributed by atoms with Gasteiger partial charge in [-0.15, -0.1) is 32.9 Å². The lowest BCUT2D eigenvalue weighted by molar-refractivity contribution is -0.113. The van der Waals surface area contributed by atoms with Gasteiger partial charge in [0.1, 0.15) is 16.4 Å². The normalized spacial score (nSPS) is 11.0. The number of carbonyl (C=O) groups is 2. The number of ether oxygens (including phenoxy) is 1. The second-order valence-electron chi connectivity index (χ2n) is 8.20. The third kappa shape index (κ3) is 6.28. The highest BCUT2D eigenvalue weighted by molar-refractivity contribution is 7.99. The average Bonchev–Trinajstić information content (AvgIpc) is 3.62. The Morgan fingerprint density at radius 2 is 1.86 bits per heavy atom. The van der Waals surface area contributed by atoms with Crippen molar-refractivity contribution in [3.8, 4) is 22.5 Å². The number of esters is 1. The number of nitrogens with zero attached hydrogens (tertiary/aromatic N) is 3. The van der Waals surface area contributed by atoms with Crippen molar-refractivity contribution in [1.82, 2.24) is 14.8 Å². The van der Waals surface area contributed by atoms with Crippen molar-refractivity contribution in [2.75, 3.05) is 18.2 Å². The van der Waals surface area contributed by atoms with Crippen LogP contribution in [0.15, 0.2) is 46.2 Å². The van der Waals surface area contributed by atoms with Gasteiger partial charge in [-0.1, -0.05) is 44.2 Å². The van der Waals surface area contributed by atoms with Crippen molar-refractivity contribution >= 4 is 51.3 Å². The molecule has 4 aromatic rings. The van der Waals surface area contributed by atoms with Gasteiger partial charge in [0, 0.05) is 33.3 Å². The van der Waals surface area contributed by atoms with Crippen LogP contribution in [0, 0.1) is 5.82 Å². The number of halogens is 1. The Labute approximate surface area is 227 Å². The molecular formula is C26H27FN4O3S3. The molecule has 0 bridgehead atoms. The fourth-order valence-electron chi connectivity index (χ4n) is 3.80. The Morgan fingerprint density at radius 1 is 1.08 bits per heavy atom. The quantitative estimate of drug-likeness (QED) is 0.162. The van der Waals surface area contributed by atoms with Crippen LogP contribution in [0.2, 0.25) is 0 Å². The Balaban J connectivity index is 1.50. The molecule has 3 aromatic heterocycles. The Hall–Kier alpha value is -3.02. The average molecular weight is 559 g/mol. The zero-order chi connectivity index (χ0) is 26.4. The maximum Gasteiger partial charge on any atom is 0.341 e. The molecule has 0 aliphatic carbocycles. The number of methoxy groups -OCH3 is 1. The molecule has 0 spiro atoms. The number of carbonyl (C=O) groups excluding carboxylic acids is 2. The second-order valence-corrected chi connectivity index (χ2v) is 11.0. The fourth-order valence-corrected chi connectivity index (χ4v) is 6.51. The minimum atomic E-state index is -0.575. The number of benzene rings is 1. The van der Waals surface area contributed by atoms with E-state index in [1.54, 1.807) is 28.8 Å². The zero-order valence-electron chi connectivity index (χ0n) is 20.7. The number of aryl methyl sites for hydroxylation is 1. The molecular weight excluding hydrogens is 532 g/mol. The SMILES string of the molecule is CCCc1cc(-c2nnc(SCC(=O)Nc3scc(-c4ccc(F)cc4)c3C(=O)OC)n2CCC)cs1. The molecule has 0 saturated heterocycles. The van der Waals surface area contributed by atoms with Crippen LogP contribution < -0.4 is 5.32 Å². The molecule has 194 valence electrons. The first kappa shape index (κ1) is 27.0. The van der Waals surface area contributed by atoms with Crippen molar-refractivity contribution < 1.29 is 18.7 Å². The monoisotopic (exact) mass is 558 g/mol. The summed E-state index contributed by atoms with van der Waals surface area (Å²) >= 11 is 4.24. The topological polar surface area (TPSA) is 86.1 Å². The van der Waals surface area contributed by atoms with Crippen LogP contribution >= 0.6 is 34.4 Å². The number of nitrogens with one attached hydrogen (secondary N) is 1. The molecule has 1 amide bonds. The fraction of sp³-hybridized carbons (Fsp3) is 0.308. The number of hydrogen-bond donors (Lipinski definition) is 1. The summed E-state index contributed by atoms with van der Waals surface area (Å²) in [6, 6.07) is 7.98. The molecule has 4 rings (SSSR count). The number of amides is 1. The van der Waals surface area contributed by atoms with E-state index in [1.807, 2.05) is 4.57 Å². The summed E-state index contributed by atoms with van der Waals surface area (Å²) in [4.78, 5) is 26.7. The van der Waals surface area contributed by atoms with Gasteiger partial charge in [0.2, 0.25) is 5.91 Å². The minimum Gasteiger partial charge on any atom is -0.465 e. The largest absolute Gasteiger partial charge is 0.465 e. The molecule has 0 atom stereocenters. The molecule has 7 nitrogen and oxygen atoms in total. The Bertz CT molecular complexity index is 1380. The maximum absolute atomic E-state index is 13.4. The summed E-state index contributed by atoms with van der Waals surface area (Å²) in [6.45, 7) is 4.99. The third-order valence-electron chi connectivity index (χ3n) is 5.49. The van der Waals surface area contributed by atoms with E-state index in [9.17, 15) is 14.0 Å². The Morgan fingerprint density at radius 3 is 2.57 bits per heavy atom. The minimum absolute atomic E-state index is 0.0942. The lowest BCUT2D eigenvalue weighted by Crippen LogP contribution is -2.16. The van der Waals surface area contributed by atoms with E-state index in [0.29, 0.717) is 21.3 Å². The lowest BCUT2D eigenvalue weighted by Gasteiger charge is -2.09. The second kappa shape index (κ2) is 12.5. The van der Waals surface area contributed by atoms with E-state index in [0.717, 1.165) is 37.2 Å². The van der Waals surface area contributed by atoms with E-state index >= 15 is 0 Å². The van der Waals surface area contributed by atoms with Gasteiger partial charge in [0.05, 0.1) is 12.9 Å². The summed E-state index contributed by atoms with van der Waals surface area (Å²) in [5.74, 6) is -0.330. The molecule has 0 fully saturated rings. The number of aromatic nitrogens is 3. The van der Waals surface area contributed by atoms with Gasteiger partial charge in [0.25, 0.3) is 0 Å². The standard InChI is InChI=1S/C26H27FN4O3S3/c1-4-6-19-12-17(13-35-19)23-29-30-26(31(23)11-5-2)37-15-21(32)28-24-22(25(33)34-3)20(14-36-24)16-7-9-18(27)10-8-16/h7-10,12-14H,4-6,11,15H2,1-3H3,(H,28,32). The molecule has 1 N–H and O–H groups in total. The van der Waals surface area contributed by atoms with E-state index in [2.05, 4.69) is 40.8 Å². The highest BCUT2D eigenvalue weighted by Gasteiger charge is 2.23. The van der Waals surface area contributed by atoms with Crippen molar-refractivity contribution in [2.45, 2.75) is 44.8 Å². The van der Waals surface area contributed by atoms with E-state index in [1.165, 1.54) is 47.2 Å². The molecule has 0 unspecified atom stereocenters. The van der Waals surface area contributed by atoms with E-state index in [4.69, 9.17) is 4.74 Å². The number of hydrogen-bond acceptors (Lipinski definition) is 8. The van der Waals surface area contributed by atoms with Crippen molar-refractivity contribution in [3.05, 3.63) is 57.3 Å². The number of anilines is 1. The van der Waals surface area contributed by atoms with E-state index < -0.39 is 5.97 Å². The van der Waals surface area contributed by atoms with E-state index in [-0.39, 0.29) is 23.0 Å². The molecule has 0 radical (unpaired) electrons. The maximum atomic E-state index is 13.4. The van der Waals surface area contributed by atoms with Crippen molar-refractivity contribution in [3.63, 3.8) is 0 Å². The van der Waals surface area contributed by atoms with Gasteiger partial charge in [0.15, 0.2) is 11.0 Å². The third-order valence-corrected chi connectivity index (χ3v) is 8.35. The lowest BCUT2D eigenvalue weighted by atomic mass is 10.0. The number of thioether (sulfide) groups is 1. The molecule has 0 aliphatic heterocycles. The van der Waals surface area contributed by atoms with Gasteiger partial charge in [-0.25, -0.2) is 9.18 Å². The van der Waals surface area contributed by atoms with Crippen LogP contribution in [0.4, 0.5) is 9.39 Å². The predicted octanol–water partition coefficient (Wildman–Crippen LogP) is 6.75. The van der Waals surface area contributed by atoms with Gasteiger partial charge in [-0.3, -0.25) is 4.79 Å². The van der Waals surface area contributed by atoms with Crippen LogP contribution in [0.5, 0.6) is 0 Å². The van der Waals surface area contributed by atoms with Crippen LogP contribution in [0.3, 0.4) is 0 Å². The van der Waals surface area contributed by atoms with Gasteiger partial charge >= 0.3 is 5.97 Å². The summed E-state index contributed by atoms with van der Waals surface area (Å²) in [5.41, 5.74) is 2.52. The summed E-state index contributed by atoms with van der Waals surface area (Å²) in [5, 5.41) is 16.5. The number of thiophene rings is 2.